The summed E-state index contributed by atoms with van der Waals surface area (Å²) in [6.45, 7) is 2.92. The molecule has 0 radical (unpaired) electrons. The van der Waals surface area contributed by atoms with Gasteiger partial charge in [-0.05, 0) is 26.0 Å². The molecule has 0 amide bonds. The second kappa shape index (κ2) is 10.0. The smallest absolute Gasteiger partial charge is 0.346 e. The Kier molecular flexibility index (Phi) is 8.05. The molecule has 1 heterocycles. The molecule has 0 aliphatic carbocycles. The van der Waals surface area contributed by atoms with Crippen molar-refractivity contribution in [1.82, 2.24) is 0 Å². The Labute approximate surface area is 151 Å². The largest absolute Gasteiger partial charge is 0.388 e. The number of ether oxygens (including phenoxy) is 2. The third kappa shape index (κ3) is 5.46. The lowest BCUT2D eigenvalue weighted by Crippen LogP contribution is -2.02. The van der Waals surface area contributed by atoms with Gasteiger partial charge in [0, 0.05) is 25.3 Å². The number of fused-ring (bicyclic) bond motifs is 1. The SMILES string of the molecule is CC(=O)c1ccccc1C(C)=O.COC.O=C1OC(=O)c2ccccc21. The van der Waals surface area contributed by atoms with Crippen LogP contribution in [0.25, 0.3) is 0 Å². The van der Waals surface area contributed by atoms with Gasteiger partial charge in [-0.15, -0.1) is 0 Å². The molecule has 0 fully saturated rings. The fourth-order valence-corrected chi connectivity index (χ4v) is 2.13. The van der Waals surface area contributed by atoms with Crippen LogP contribution in [0.3, 0.4) is 0 Å². The highest BCUT2D eigenvalue weighted by atomic mass is 16.6. The molecule has 2 aromatic carbocycles. The number of Topliss-reactive ketones (excluding diaryl/α,β-unsaturated/α-hetero) is 2. The van der Waals surface area contributed by atoms with E-state index in [0.717, 1.165) is 0 Å². The highest BCUT2D eigenvalue weighted by molar-refractivity contribution is 6.14. The van der Waals surface area contributed by atoms with Crippen LogP contribution in [0.4, 0.5) is 0 Å². The summed E-state index contributed by atoms with van der Waals surface area (Å²) in [5.74, 6) is -1.24. The zero-order valence-corrected chi connectivity index (χ0v) is 15.1. The van der Waals surface area contributed by atoms with Crippen LogP contribution < -0.4 is 0 Å². The van der Waals surface area contributed by atoms with Gasteiger partial charge in [-0.25, -0.2) is 9.59 Å². The summed E-state index contributed by atoms with van der Waals surface area (Å²) in [6.07, 6.45) is 0. The average Bonchev–Trinajstić information content (AvgIpc) is 2.91. The van der Waals surface area contributed by atoms with Crippen LogP contribution in [-0.2, 0) is 9.47 Å². The molecule has 0 bridgehead atoms. The maximum atomic E-state index is 11.0. The monoisotopic (exact) mass is 356 g/mol. The summed E-state index contributed by atoms with van der Waals surface area (Å²) in [5.41, 5.74) is 1.73. The fourth-order valence-electron chi connectivity index (χ4n) is 2.13. The normalized spacial score (nSPS) is 11.2. The second-order valence-electron chi connectivity index (χ2n) is 5.29. The van der Waals surface area contributed by atoms with Gasteiger partial charge in [0.05, 0.1) is 11.1 Å². The van der Waals surface area contributed by atoms with Crippen molar-refractivity contribution < 1.29 is 28.7 Å². The molecular weight excluding hydrogens is 336 g/mol. The van der Waals surface area contributed by atoms with Crippen LogP contribution in [0, 0.1) is 0 Å². The highest BCUT2D eigenvalue weighted by Crippen LogP contribution is 2.18. The van der Waals surface area contributed by atoms with Crippen LogP contribution >= 0.6 is 0 Å². The first-order valence-electron chi connectivity index (χ1n) is 7.70. The minimum absolute atomic E-state index is 0.0687. The number of ketones is 2. The number of carbonyl (C=O) groups excluding carboxylic acids is 4. The van der Waals surface area contributed by atoms with Crippen LogP contribution in [0.1, 0.15) is 55.3 Å². The first-order valence-corrected chi connectivity index (χ1v) is 7.70. The summed E-state index contributed by atoms with van der Waals surface area (Å²) in [5, 5.41) is 0. The van der Waals surface area contributed by atoms with Gasteiger partial charge >= 0.3 is 11.9 Å². The Morgan fingerprint density at radius 1 is 0.731 bits per heavy atom. The summed E-state index contributed by atoms with van der Waals surface area (Å²) >= 11 is 0. The molecule has 6 nitrogen and oxygen atoms in total. The van der Waals surface area contributed by atoms with E-state index < -0.39 is 11.9 Å². The number of hydrogen-bond donors (Lipinski definition) is 0. The average molecular weight is 356 g/mol. The van der Waals surface area contributed by atoms with E-state index in [1.165, 1.54) is 13.8 Å². The van der Waals surface area contributed by atoms with Crippen molar-refractivity contribution in [2.24, 2.45) is 0 Å². The van der Waals surface area contributed by atoms with E-state index in [0.29, 0.717) is 22.3 Å². The number of carbonyl (C=O) groups is 4. The number of methoxy groups -OCH3 is 1. The third-order valence-corrected chi connectivity index (χ3v) is 3.24. The second-order valence-corrected chi connectivity index (χ2v) is 5.29. The van der Waals surface area contributed by atoms with Crippen LogP contribution in [0.15, 0.2) is 48.5 Å². The summed E-state index contributed by atoms with van der Waals surface area (Å²) in [7, 11) is 3.25. The van der Waals surface area contributed by atoms with Crippen molar-refractivity contribution in [3.05, 3.63) is 70.8 Å². The Bertz CT molecular complexity index is 757. The van der Waals surface area contributed by atoms with E-state index >= 15 is 0 Å². The molecule has 0 spiro atoms. The van der Waals surface area contributed by atoms with Crippen molar-refractivity contribution >= 4 is 23.5 Å². The van der Waals surface area contributed by atoms with E-state index in [-0.39, 0.29) is 11.6 Å². The molecule has 0 saturated heterocycles. The van der Waals surface area contributed by atoms with Crippen molar-refractivity contribution in [3.8, 4) is 0 Å². The van der Waals surface area contributed by atoms with Gasteiger partial charge < -0.3 is 9.47 Å². The van der Waals surface area contributed by atoms with E-state index in [9.17, 15) is 19.2 Å². The molecule has 0 atom stereocenters. The van der Waals surface area contributed by atoms with E-state index in [1.807, 2.05) is 0 Å². The molecule has 1 aliphatic rings. The molecule has 0 unspecified atom stereocenters. The Morgan fingerprint density at radius 3 is 1.35 bits per heavy atom. The number of esters is 2. The number of benzene rings is 2. The number of rotatable bonds is 2. The Balaban J connectivity index is 0.000000227. The molecular formula is C20H20O6. The van der Waals surface area contributed by atoms with Crippen molar-refractivity contribution in [3.63, 3.8) is 0 Å². The maximum Gasteiger partial charge on any atom is 0.346 e. The minimum Gasteiger partial charge on any atom is -0.388 e. The van der Waals surface area contributed by atoms with Crippen LogP contribution in [-0.4, -0.2) is 37.7 Å². The van der Waals surface area contributed by atoms with Crippen molar-refractivity contribution in [2.75, 3.05) is 14.2 Å². The summed E-state index contributed by atoms with van der Waals surface area (Å²) < 4.78 is 8.60. The lowest BCUT2D eigenvalue weighted by Gasteiger charge is -2.00. The lowest BCUT2D eigenvalue weighted by molar-refractivity contribution is 0.0443. The third-order valence-electron chi connectivity index (χ3n) is 3.24. The zero-order valence-electron chi connectivity index (χ0n) is 15.1. The summed E-state index contributed by atoms with van der Waals surface area (Å²) in [6, 6.07) is 13.4. The predicted molar refractivity (Wildman–Crippen MR) is 95.6 cm³/mol. The Morgan fingerprint density at radius 2 is 1.04 bits per heavy atom. The molecule has 0 saturated carbocycles. The predicted octanol–water partition coefficient (Wildman–Crippen LogP) is 3.35. The van der Waals surface area contributed by atoms with Gasteiger partial charge in [-0.3, -0.25) is 9.59 Å². The van der Waals surface area contributed by atoms with Gasteiger partial charge in [-0.1, -0.05) is 36.4 Å². The van der Waals surface area contributed by atoms with Crippen molar-refractivity contribution in [2.45, 2.75) is 13.8 Å². The highest BCUT2D eigenvalue weighted by Gasteiger charge is 2.28. The first-order chi connectivity index (χ1) is 12.3. The lowest BCUT2D eigenvalue weighted by atomic mass is 10.0. The van der Waals surface area contributed by atoms with Crippen LogP contribution in [0.2, 0.25) is 0 Å². The van der Waals surface area contributed by atoms with E-state index in [2.05, 4.69) is 9.47 Å². The quantitative estimate of drug-likeness (QED) is 0.466. The van der Waals surface area contributed by atoms with E-state index in [1.54, 1.807) is 62.8 Å². The van der Waals surface area contributed by atoms with Gasteiger partial charge in [0.25, 0.3) is 0 Å². The molecule has 0 N–H and O–H groups in total. The van der Waals surface area contributed by atoms with Gasteiger partial charge in [-0.2, -0.15) is 0 Å². The zero-order chi connectivity index (χ0) is 19.7. The summed E-state index contributed by atoms with van der Waals surface area (Å²) in [4.78, 5) is 43.7. The topological polar surface area (TPSA) is 86.7 Å². The molecule has 3 rings (SSSR count). The van der Waals surface area contributed by atoms with Gasteiger partial charge in [0.15, 0.2) is 11.6 Å². The standard InChI is InChI=1S/C10H10O2.C8H4O3.C2H6O/c1-7(11)9-5-3-4-6-10(9)8(2)12;9-7-5-3-1-2-4-6(5)8(10)11-7;1-3-2/h3-6H,1-2H3;1-4H;1-2H3. The molecule has 2 aromatic rings. The van der Waals surface area contributed by atoms with Crippen molar-refractivity contribution in [1.29, 1.82) is 0 Å². The molecule has 26 heavy (non-hydrogen) atoms. The number of cyclic esters (lactones) is 2. The van der Waals surface area contributed by atoms with Gasteiger partial charge in [0.2, 0.25) is 0 Å². The maximum absolute atomic E-state index is 11.0. The first kappa shape index (κ1) is 20.9. The molecule has 0 aromatic heterocycles. The molecule has 136 valence electrons. The fraction of sp³-hybridized carbons (Fsp3) is 0.200. The van der Waals surface area contributed by atoms with Crippen LogP contribution in [0.5, 0.6) is 0 Å². The molecule has 6 heteroatoms. The number of hydrogen-bond acceptors (Lipinski definition) is 6. The Hall–Kier alpha value is -3.12. The van der Waals surface area contributed by atoms with E-state index in [4.69, 9.17) is 0 Å². The molecule has 1 aliphatic heterocycles. The minimum atomic E-state index is -0.550. The van der Waals surface area contributed by atoms with Gasteiger partial charge in [0.1, 0.15) is 0 Å².